The normalized spacial score (nSPS) is 19.5. The summed E-state index contributed by atoms with van der Waals surface area (Å²) in [4.78, 5) is 0. The fourth-order valence-corrected chi connectivity index (χ4v) is 3.90. The van der Waals surface area contributed by atoms with Gasteiger partial charge in [-0.05, 0) is 74.1 Å². The van der Waals surface area contributed by atoms with E-state index in [2.05, 4.69) is 0 Å². The lowest BCUT2D eigenvalue weighted by atomic mass is 9.79. The van der Waals surface area contributed by atoms with Gasteiger partial charge < -0.3 is 9.47 Å². The standard InChI is InChI=1S/C23H27F3O2/c1-3-16-9-12-21(23(26)22(16)25)28-14-15-5-7-17(8-6-15)19-11-10-18(27-4-2)13-20(19)24/h9-13,15,17H,3-8,14H2,1-2H3. The molecule has 0 N–H and O–H groups in total. The Morgan fingerprint density at radius 1 is 0.893 bits per heavy atom. The molecule has 3 rings (SSSR count). The summed E-state index contributed by atoms with van der Waals surface area (Å²) in [5, 5.41) is 0. The van der Waals surface area contributed by atoms with Gasteiger partial charge in [-0.15, -0.1) is 0 Å². The van der Waals surface area contributed by atoms with Crippen LogP contribution in [-0.4, -0.2) is 13.2 Å². The molecule has 0 aliphatic heterocycles. The van der Waals surface area contributed by atoms with E-state index in [0.717, 1.165) is 31.2 Å². The number of hydrogen-bond acceptors (Lipinski definition) is 2. The third-order valence-corrected chi connectivity index (χ3v) is 5.55. The monoisotopic (exact) mass is 392 g/mol. The molecule has 0 spiro atoms. The molecular weight excluding hydrogens is 365 g/mol. The maximum Gasteiger partial charge on any atom is 0.200 e. The maximum atomic E-state index is 14.4. The van der Waals surface area contributed by atoms with Crippen LogP contribution in [0.5, 0.6) is 11.5 Å². The number of aryl methyl sites for hydroxylation is 1. The molecule has 5 heteroatoms. The van der Waals surface area contributed by atoms with Gasteiger partial charge in [0, 0.05) is 6.07 Å². The second kappa shape index (κ2) is 9.35. The van der Waals surface area contributed by atoms with Gasteiger partial charge in [-0.1, -0.05) is 19.1 Å². The molecule has 0 heterocycles. The lowest BCUT2D eigenvalue weighted by Crippen LogP contribution is -2.20. The Morgan fingerprint density at radius 3 is 2.29 bits per heavy atom. The Hall–Kier alpha value is -2.17. The largest absolute Gasteiger partial charge is 0.494 e. The zero-order valence-corrected chi connectivity index (χ0v) is 16.4. The van der Waals surface area contributed by atoms with Gasteiger partial charge in [-0.3, -0.25) is 0 Å². The van der Waals surface area contributed by atoms with Crippen LogP contribution < -0.4 is 9.47 Å². The zero-order valence-electron chi connectivity index (χ0n) is 16.4. The first-order chi connectivity index (χ1) is 13.5. The van der Waals surface area contributed by atoms with Gasteiger partial charge in [0.1, 0.15) is 11.6 Å². The molecular formula is C23H27F3O2. The Bertz CT molecular complexity index is 799. The molecule has 0 bridgehead atoms. The minimum atomic E-state index is -0.913. The number of ether oxygens (including phenoxy) is 2. The summed E-state index contributed by atoms with van der Waals surface area (Å²) < 4.78 is 53.2. The van der Waals surface area contributed by atoms with Crippen molar-refractivity contribution in [3.63, 3.8) is 0 Å². The molecule has 1 aliphatic carbocycles. The smallest absolute Gasteiger partial charge is 0.200 e. The highest BCUT2D eigenvalue weighted by molar-refractivity contribution is 5.32. The van der Waals surface area contributed by atoms with Crippen molar-refractivity contribution in [2.45, 2.75) is 51.9 Å². The Balaban J connectivity index is 1.54. The summed E-state index contributed by atoms with van der Waals surface area (Å²) in [5.41, 5.74) is 1.08. The fraction of sp³-hybridized carbons (Fsp3) is 0.478. The van der Waals surface area contributed by atoms with Crippen molar-refractivity contribution in [2.24, 2.45) is 5.92 Å². The first-order valence-corrected chi connectivity index (χ1v) is 10.0. The minimum absolute atomic E-state index is 0.0330. The molecule has 28 heavy (non-hydrogen) atoms. The van der Waals surface area contributed by atoms with E-state index in [1.165, 1.54) is 12.1 Å². The van der Waals surface area contributed by atoms with Gasteiger partial charge in [0.25, 0.3) is 0 Å². The SMILES string of the molecule is CCOc1ccc(C2CCC(COc3ccc(CC)c(F)c3F)CC2)c(F)c1. The van der Waals surface area contributed by atoms with Crippen molar-refractivity contribution in [1.29, 1.82) is 0 Å². The summed E-state index contributed by atoms with van der Waals surface area (Å²) >= 11 is 0. The van der Waals surface area contributed by atoms with E-state index in [4.69, 9.17) is 9.47 Å². The lowest BCUT2D eigenvalue weighted by molar-refractivity contribution is 0.192. The first kappa shape index (κ1) is 20.6. The Morgan fingerprint density at radius 2 is 1.64 bits per heavy atom. The molecule has 1 aliphatic rings. The highest BCUT2D eigenvalue weighted by Gasteiger charge is 2.25. The molecule has 0 aromatic heterocycles. The highest BCUT2D eigenvalue weighted by atomic mass is 19.2. The molecule has 1 fully saturated rings. The van der Waals surface area contributed by atoms with Gasteiger partial charge in [0.2, 0.25) is 5.82 Å². The second-order valence-corrected chi connectivity index (χ2v) is 7.35. The summed E-state index contributed by atoms with van der Waals surface area (Å²) in [5.74, 6) is -1.01. The molecule has 0 atom stereocenters. The van der Waals surface area contributed by atoms with E-state index < -0.39 is 11.6 Å². The molecule has 0 unspecified atom stereocenters. The van der Waals surface area contributed by atoms with Gasteiger partial charge in [-0.25, -0.2) is 8.78 Å². The van der Waals surface area contributed by atoms with Crippen molar-refractivity contribution >= 4 is 0 Å². The molecule has 2 aromatic carbocycles. The first-order valence-electron chi connectivity index (χ1n) is 10.0. The lowest BCUT2D eigenvalue weighted by Gasteiger charge is -2.29. The number of halogens is 3. The third kappa shape index (κ3) is 4.62. The van der Waals surface area contributed by atoms with Crippen LogP contribution >= 0.6 is 0 Å². The van der Waals surface area contributed by atoms with Crippen molar-refractivity contribution in [3.8, 4) is 11.5 Å². The van der Waals surface area contributed by atoms with Gasteiger partial charge in [0.05, 0.1) is 13.2 Å². The summed E-state index contributed by atoms with van der Waals surface area (Å²) in [6.45, 7) is 4.51. The Kier molecular flexibility index (Phi) is 6.87. The predicted molar refractivity (Wildman–Crippen MR) is 103 cm³/mol. The van der Waals surface area contributed by atoms with E-state index in [-0.39, 0.29) is 23.4 Å². The zero-order chi connectivity index (χ0) is 20.1. The van der Waals surface area contributed by atoms with Gasteiger partial charge in [-0.2, -0.15) is 4.39 Å². The Labute approximate surface area is 164 Å². The van der Waals surface area contributed by atoms with Crippen LogP contribution in [0.25, 0.3) is 0 Å². The van der Waals surface area contributed by atoms with Crippen LogP contribution in [0, 0.1) is 23.4 Å². The van der Waals surface area contributed by atoms with Crippen LogP contribution in [0.15, 0.2) is 30.3 Å². The second-order valence-electron chi connectivity index (χ2n) is 7.35. The summed E-state index contributed by atoms with van der Waals surface area (Å²) in [7, 11) is 0. The van der Waals surface area contributed by atoms with E-state index in [1.54, 1.807) is 13.0 Å². The van der Waals surface area contributed by atoms with Crippen molar-refractivity contribution in [3.05, 3.63) is 58.9 Å². The van der Waals surface area contributed by atoms with Gasteiger partial charge in [0.15, 0.2) is 11.6 Å². The molecule has 0 amide bonds. The third-order valence-electron chi connectivity index (χ3n) is 5.55. The van der Waals surface area contributed by atoms with E-state index in [9.17, 15) is 13.2 Å². The molecule has 2 nitrogen and oxygen atoms in total. The molecule has 152 valence electrons. The quantitative estimate of drug-likeness (QED) is 0.541. The van der Waals surface area contributed by atoms with Crippen LogP contribution in [0.4, 0.5) is 13.2 Å². The highest BCUT2D eigenvalue weighted by Crippen LogP contribution is 2.38. The van der Waals surface area contributed by atoms with Gasteiger partial charge >= 0.3 is 0 Å². The number of hydrogen-bond donors (Lipinski definition) is 0. The van der Waals surface area contributed by atoms with Crippen LogP contribution in [-0.2, 0) is 6.42 Å². The molecule has 0 radical (unpaired) electrons. The molecule has 0 saturated heterocycles. The van der Waals surface area contributed by atoms with Crippen molar-refractivity contribution in [1.82, 2.24) is 0 Å². The van der Waals surface area contributed by atoms with Crippen molar-refractivity contribution < 1.29 is 22.6 Å². The minimum Gasteiger partial charge on any atom is -0.494 e. The maximum absolute atomic E-state index is 14.4. The van der Waals surface area contributed by atoms with E-state index in [0.29, 0.717) is 30.9 Å². The average molecular weight is 392 g/mol. The van der Waals surface area contributed by atoms with Crippen molar-refractivity contribution in [2.75, 3.05) is 13.2 Å². The van der Waals surface area contributed by atoms with E-state index >= 15 is 0 Å². The van der Waals surface area contributed by atoms with E-state index in [1.807, 2.05) is 19.1 Å². The summed E-state index contributed by atoms with van der Waals surface area (Å²) in [6.07, 6.45) is 3.88. The molecule has 1 saturated carbocycles. The molecule has 2 aromatic rings. The topological polar surface area (TPSA) is 18.5 Å². The number of benzene rings is 2. The van der Waals surface area contributed by atoms with Crippen LogP contribution in [0.1, 0.15) is 56.6 Å². The summed E-state index contributed by atoms with van der Waals surface area (Å²) in [6, 6.07) is 8.15. The van der Waals surface area contributed by atoms with Crippen LogP contribution in [0.2, 0.25) is 0 Å². The average Bonchev–Trinajstić information content (AvgIpc) is 2.70. The van der Waals surface area contributed by atoms with Crippen LogP contribution in [0.3, 0.4) is 0 Å². The predicted octanol–water partition coefficient (Wildman–Crippen LogP) is 6.42. The number of rotatable bonds is 7. The fourth-order valence-electron chi connectivity index (χ4n) is 3.90.